The SMILES string of the molecule is CC(NCC1CCN(C(=O)OC(C)(C)C)CC1)c1cnccn1. The van der Waals surface area contributed by atoms with Crippen LogP contribution in [0.5, 0.6) is 0 Å². The van der Waals surface area contributed by atoms with Crippen LogP contribution in [0, 0.1) is 5.92 Å². The van der Waals surface area contributed by atoms with Gasteiger partial charge in [-0.15, -0.1) is 0 Å². The molecule has 1 unspecified atom stereocenters. The monoisotopic (exact) mass is 320 g/mol. The minimum absolute atomic E-state index is 0.188. The van der Waals surface area contributed by atoms with Crippen molar-refractivity contribution in [3.63, 3.8) is 0 Å². The predicted molar refractivity (Wildman–Crippen MR) is 89.0 cm³/mol. The van der Waals surface area contributed by atoms with Crippen molar-refractivity contribution in [3.8, 4) is 0 Å². The van der Waals surface area contributed by atoms with E-state index in [4.69, 9.17) is 4.74 Å². The Morgan fingerprint density at radius 2 is 2.09 bits per heavy atom. The second-order valence-electron chi connectivity index (χ2n) is 7.17. The average Bonchev–Trinajstić information content (AvgIpc) is 2.52. The summed E-state index contributed by atoms with van der Waals surface area (Å²) in [6.07, 6.45) is 6.99. The molecule has 2 heterocycles. The van der Waals surface area contributed by atoms with Crippen molar-refractivity contribution >= 4 is 6.09 Å². The van der Waals surface area contributed by atoms with Gasteiger partial charge in [-0.2, -0.15) is 0 Å². The van der Waals surface area contributed by atoms with Gasteiger partial charge in [0.05, 0.1) is 5.69 Å². The number of ether oxygens (including phenoxy) is 1. The van der Waals surface area contributed by atoms with Gasteiger partial charge in [-0.05, 0) is 53.0 Å². The molecular weight excluding hydrogens is 292 g/mol. The number of amides is 1. The van der Waals surface area contributed by atoms with Gasteiger partial charge in [0.25, 0.3) is 0 Å². The van der Waals surface area contributed by atoms with E-state index in [0.29, 0.717) is 5.92 Å². The quantitative estimate of drug-likeness (QED) is 0.924. The van der Waals surface area contributed by atoms with Gasteiger partial charge in [-0.1, -0.05) is 0 Å². The Labute approximate surface area is 138 Å². The molecule has 0 radical (unpaired) electrons. The van der Waals surface area contributed by atoms with E-state index >= 15 is 0 Å². The van der Waals surface area contributed by atoms with E-state index in [-0.39, 0.29) is 12.1 Å². The molecule has 23 heavy (non-hydrogen) atoms. The summed E-state index contributed by atoms with van der Waals surface area (Å²) in [5.41, 5.74) is 0.528. The third kappa shape index (κ3) is 5.78. The van der Waals surface area contributed by atoms with E-state index in [1.54, 1.807) is 18.6 Å². The average molecular weight is 320 g/mol. The lowest BCUT2D eigenvalue weighted by Gasteiger charge is -2.33. The van der Waals surface area contributed by atoms with Gasteiger partial charge < -0.3 is 15.0 Å². The molecule has 1 aromatic heterocycles. The van der Waals surface area contributed by atoms with Crippen molar-refractivity contribution < 1.29 is 9.53 Å². The minimum Gasteiger partial charge on any atom is -0.444 e. The Hall–Kier alpha value is -1.69. The number of aromatic nitrogens is 2. The fraction of sp³-hybridized carbons (Fsp3) is 0.706. The van der Waals surface area contributed by atoms with E-state index in [9.17, 15) is 4.79 Å². The van der Waals surface area contributed by atoms with Gasteiger partial charge >= 0.3 is 6.09 Å². The third-order valence-electron chi connectivity index (χ3n) is 4.01. The second-order valence-corrected chi connectivity index (χ2v) is 7.17. The van der Waals surface area contributed by atoms with E-state index in [1.807, 2.05) is 25.7 Å². The van der Waals surface area contributed by atoms with Crippen molar-refractivity contribution in [3.05, 3.63) is 24.3 Å². The largest absolute Gasteiger partial charge is 0.444 e. The second kappa shape index (κ2) is 7.73. The molecule has 1 aromatic rings. The molecule has 1 saturated heterocycles. The van der Waals surface area contributed by atoms with Gasteiger partial charge in [0, 0.05) is 37.7 Å². The van der Waals surface area contributed by atoms with Crippen LogP contribution in [0.15, 0.2) is 18.6 Å². The van der Waals surface area contributed by atoms with E-state index in [0.717, 1.165) is 38.2 Å². The van der Waals surface area contributed by atoms with Crippen LogP contribution < -0.4 is 5.32 Å². The topological polar surface area (TPSA) is 67.4 Å². The van der Waals surface area contributed by atoms with Crippen molar-refractivity contribution in [2.24, 2.45) is 5.92 Å². The van der Waals surface area contributed by atoms with Gasteiger partial charge in [0.2, 0.25) is 0 Å². The highest BCUT2D eigenvalue weighted by molar-refractivity contribution is 5.68. The predicted octanol–water partition coefficient (Wildman–Crippen LogP) is 2.77. The molecule has 0 bridgehead atoms. The van der Waals surface area contributed by atoms with Crippen LogP contribution in [0.4, 0.5) is 4.79 Å². The lowest BCUT2D eigenvalue weighted by molar-refractivity contribution is 0.0183. The van der Waals surface area contributed by atoms with Crippen LogP contribution in [-0.2, 0) is 4.74 Å². The Kier molecular flexibility index (Phi) is 5.93. The maximum Gasteiger partial charge on any atom is 0.410 e. The van der Waals surface area contributed by atoms with E-state index in [2.05, 4.69) is 22.2 Å². The molecule has 2 rings (SSSR count). The van der Waals surface area contributed by atoms with Gasteiger partial charge in [-0.25, -0.2) is 4.79 Å². The van der Waals surface area contributed by atoms with Crippen LogP contribution in [0.1, 0.15) is 52.3 Å². The molecule has 1 N–H and O–H groups in total. The molecule has 6 nitrogen and oxygen atoms in total. The van der Waals surface area contributed by atoms with Crippen molar-refractivity contribution in [1.82, 2.24) is 20.2 Å². The summed E-state index contributed by atoms with van der Waals surface area (Å²) < 4.78 is 5.42. The minimum atomic E-state index is -0.429. The fourth-order valence-electron chi connectivity index (χ4n) is 2.63. The summed E-state index contributed by atoms with van der Waals surface area (Å²) in [7, 11) is 0. The normalized spacial score (nSPS) is 17.8. The molecule has 6 heteroatoms. The maximum atomic E-state index is 12.0. The van der Waals surface area contributed by atoms with E-state index < -0.39 is 5.60 Å². The summed E-state index contributed by atoms with van der Waals surface area (Å²) in [6, 6.07) is 0.188. The molecule has 1 amide bonds. The number of rotatable bonds is 4. The Balaban J connectivity index is 1.72. The van der Waals surface area contributed by atoms with Crippen molar-refractivity contribution in [2.45, 2.75) is 52.2 Å². The molecule has 0 aromatic carbocycles. The first-order valence-electron chi connectivity index (χ1n) is 8.32. The summed E-state index contributed by atoms with van der Waals surface area (Å²) in [4.78, 5) is 22.3. The Morgan fingerprint density at radius 3 is 2.65 bits per heavy atom. The molecule has 128 valence electrons. The molecule has 1 fully saturated rings. The van der Waals surface area contributed by atoms with Crippen LogP contribution in [-0.4, -0.2) is 46.2 Å². The molecule has 0 saturated carbocycles. The number of carbonyl (C=O) groups excluding carboxylic acids is 1. The highest BCUT2D eigenvalue weighted by Crippen LogP contribution is 2.20. The van der Waals surface area contributed by atoms with Gasteiger partial charge in [0.15, 0.2) is 0 Å². The summed E-state index contributed by atoms with van der Waals surface area (Å²) in [6.45, 7) is 10.3. The van der Waals surface area contributed by atoms with Gasteiger partial charge in [0.1, 0.15) is 5.60 Å². The molecule has 0 spiro atoms. The summed E-state index contributed by atoms with van der Waals surface area (Å²) in [5.74, 6) is 0.577. The lowest BCUT2D eigenvalue weighted by Crippen LogP contribution is -2.43. The Morgan fingerprint density at radius 1 is 1.39 bits per heavy atom. The zero-order valence-corrected chi connectivity index (χ0v) is 14.6. The molecular formula is C17H28N4O2. The first-order chi connectivity index (χ1) is 10.8. The first-order valence-corrected chi connectivity index (χ1v) is 8.32. The zero-order valence-electron chi connectivity index (χ0n) is 14.6. The number of hydrogen-bond acceptors (Lipinski definition) is 5. The van der Waals surface area contributed by atoms with E-state index in [1.165, 1.54) is 0 Å². The van der Waals surface area contributed by atoms with Crippen molar-refractivity contribution in [2.75, 3.05) is 19.6 Å². The van der Waals surface area contributed by atoms with Crippen LogP contribution in [0.3, 0.4) is 0 Å². The third-order valence-corrected chi connectivity index (χ3v) is 4.01. The molecule has 0 aliphatic carbocycles. The Bertz CT molecular complexity index is 493. The highest BCUT2D eigenvalue weighted by Gasteiger charge is 2.26. The first kappa shape index (κ1) is 17.7. The number of hydrogen-bond donors (Lipinski definition) is 1. The van der Waals surface area contributed by atoms with Crippen LogP contribution >= 0.6 is 0 Å². The van der Waals surface area contributed by atoms with Crippen LogP contribution in [0.2, 0.25) is 0 Å². The summed E-state index contributed by atoms with van der Waals surface area (Å²) in [5, 5.41) is 3.51. The lowest BCUT2D eigenvalue weighted by atomic mass is 9.96. The molecule has 1 atom stereocenters. The standard InChI is InChI=1S/C17H28N4O2/c1-13(15-12-18-7-8-19-15)20-11-14-5-9-21(10-6-14)16(22)23-17(2,3)4/h7-8,12-14,20H,5-6,9-11H2,1-4H3. The van der Waals surface area contributed by atoms with Crippen LogP contribution in [0.25, 0.3) is 0 Å². The number of piperidine rings is 1. The number of nitrogens with one attached hydrogen (secondary N) is 1. The number of carbonyl (C=O) groups is 1. The van der Waals surface area contributed by atoms with Gasteiger partial charge in [-0.3, -0.25) is 9.97 Å². The zero-order chi connectivity index (χ0) is 16.9. The molecule has 1 aliphatic heterocycles. The smallest absolute Gasteiger partial charge is 0.410 e. The maximum absolute atomic E-state index is 12.0. The highest BCUT2D eigenvalue weighted by atomic mass is 16.6. The fourth-order valence-corrected chi connectivity index (χ4v) is 2.63. The van der Waals surface area contributed by atoms with Crippen molar-refractivity contribution in [1.29, 1.82) is 0 Å². The summed E-state index contributed by atoms with van der Waals surface area (Å²) >= 11 is 0. The number of likely N-dealkylation sites (tertiary alicyclic amines) is 1. The molecule has 1 aliphatic rings. The number of nitrogens with zero attached hydrogens (tertiary/aromatic N) is 3.